The quantitative estimate of drug-likeness (QED) is 0.0577. The van der Waals surface area contributed by atoms with Crippen LogP contribution in [0.3, 0.4) is 0 Å². The maximum Gasteiger partial charge on any atom is 0.334 e. The molecule has 0 radical (unpaired) electrons. The van der Waals surface area contributed by atoms with Gasteiger partial charge in [0.05, 0.1) is 44.9 Å². The number of carbonyl (C=O) groups excluding carboxylic acids is 1. The first-order valence-electron chi connectivity index (χ1n) is 15.3. The summed E-state index contributed by atoms with van der Waals surface area (Å²) >= 11 is 0. The highest BCUT2D eigenvalue weighted by molar-refractivity contribution is 5.96. The molecular formula is C36H34N2O12. The van der Waals surface area contributed by atoms with E-state index in [1.807, 2.05) is 0 Å². The molecule has 0 amide bonds. The number of cyclic esters (lactones) is 1. The van der Waals surface area contributed by atoms with Gasteiger partial charge in [-0.2, -0.15) is 0 Å². The summed E-state index contributed by atoms with van der Waals surface area (Å²) in [6, 6.07) is 19.0. The molecule has 4 aromatic carbocycles. The maximum atomic E-state index is 12.9. The number of benzene rings is 4. The van der Waals surface area contributed by atoms with E-state index in [9.17, 15) is 25.0 Å². The van der Waals surface area contributed by atoms with Crippen LogP contribution in [0.5, 0.6) is 34.5 Å². The number of hydrogen-bond donors (Lipinski definition) is 0. The van der Waals surface area contributed by atoms with E-state index in [0.717, 1.165) is 5.56 Å². The van der Waals surface area contributed by atoms with Gasteiger partial charge in [-0.1, -0.05) is 0 Å². The normalized spacial score (nSPS) is 14.5. The third-order valence-corrected chi connectivity index (χ3v) is 7.95. The van der Waals surface area contributed by atoms with Gasteiger partial charge >= 0.3 is 5.97 Å². The van der Waals surface area contributed by atoms with Crippen molar-refractivity contribution in [3.63, 3.8) is 0 Å². The Kier molecular flexibility index (Phi) is 11.0. The molecule has 1 fully saturated rings. The van der Waals surface area contributed by atoms with E-state index in [0.29, 0.717) is 57.4 Å². The summed E-state index contributed by atoms with van der Waals surface area (Å²) in [7, 11) is 6.01. The predicted octanol–water partition coefficient (Wildman–Crippen LogP) is 6.49. The molecule has 0 spiro atoms. The Labute approximate surface area is 287 Å². The number of esters is 1. The SMILES string of the molecule is COc1cc(C=C2C(=O)OC[C@H]2Cc2cc(OC)c(OCc3ccc([N+](=O)[O-])cc3)c(OCc3ccc([N+](=O)[O-])cc3)c2)cc(OC)c1OC. The van der Waals surface area contributed by atoms with Gasteiger partial charge in [0.1, 0.15) is 13.2 Å². The number of methoxy groups -OCH3 is 4. The standard InChI is InChI=1S/C36H34N2O12/c1-44-30-16-25(17-31(45-2)34(30)47-4)14-29-26(21-50-36(29)39)13-24-15-32(46-3)35(49-20-23-7-11-28(12-8-23)38(42)43)33(18-24)48-19-22-5-9-27(10-6-22)37(40)41/h5-12,14-18,26H,13,19-21H2,1-4H3/t26-/m1/s1. The number of rotatable bonds is 15. The zero-order chi connectivity index (χ0) is 35.8. The van der Waals surface area contributed by atoms with Crippen LogP contribution >= 0.6 is 0 Å². The van der Waals surface area contributed by atoms with Gasteiger partial charge in [-0.3, -0.25) is 20.2 Å². The number of non-ortho nitro benzene ring substituents is 2. The van der Waals surface area contributed by atoms with Gasteiger partial charge in [0, 0.05) is 35.8 Å². The molecule has 1 heterocycles. The number of carbonyl (C=O) groups is 1. The molecule has 4 aromatic rings. The van der Waals surface area contributed by atoms with Crippen molar-refractivity contribution in [3.05, 3.63) is 121 Å². The Morgan fingerprint density at radius 2 is 1.18 bits per heavy atom. The van der Waals surface area contributed by atoms with Gasteiger partial charge in [0.2, 0.25) is 11.5 Å². The Balaban J connectivity index is 1.46. The molecule has 0 aliphatic carbocycles. The molecular weight excluding hydrogens is 652 g/mol. The first-order chi connectivity index (χ1) is 24.1. The number of hydrogen-bond acceptors (Lipinski definition) is 12. The first-order valence-corrected chi connectivity index (χ1v) is 15.3. The second kappa shape index (κ2) is 15.7. The minimum absolute atomic E-state index is 0.0455. The molecule has 0 bridgehead atoms. The van der Waals surface area contributed by atoms with E-state index in [1.165, 1.54) is 52.7 Å². The van der Waals surface area contributed by atoms with Crippen LogP contribution in [0.2, 0.25) is 0 Å². The van der Waals surface area contributed by atoms with Crippen LogP contribution in [-0.4, -0.2) is 50.9 Å². The molecule has 260 valence electrons. The lowest BCUT2D eigenvalue weighted by Gasteiger charge is -2.19. The summed E-state index contributed by atoms with van der Waals surface area (Å²) in [6.45, 7) is 0.249. The predicted molar refractivity (Wildman–Crippen MR) is 180 cm³/mol. The molecule has 0 aromatic heterocycles. The second-order valence-electron chi connectivity index (χ2n) is 11.1. The molecule has 1 atom stereocenters. The molecule has 0 N–H and O–H groups in total. The topological polar surface area (TPSA) is 168 Å². The van der Waals surface area contributed by atoms with E-state index < -0.39 is 15.8 Å². The fourth-order valence-corrected chi connectivity index (χ4v) is 5.40. The Morgan fingerprint density at radius 3 is 1.68 bits per heavy atom. The van der Waals surface area contributed by atoms with Crippen molar-refractivity contribution in [1.29, 1.82) is 0 Å². The summed E-state index contributed by atoms with van der Waals surface area (Å²) in [5, 5.41) is 22.2. The zero-order valence-corrected chi connectivity index (χ0v) is 27.7. The minimum atomic E-state index is -0.481. The molecule has 1 aliphatic heterocycles. The number of nitro groups is 2. The van der Waals surface area contributed by atoms with Crippen molar-refractivity contribution in [3.8, 4) is 34.5 Å². The van der Waals surface area contributed by atoms with E-state index in [4.69, 9.17) is 33.2 Å². The molecule has 0 saturated carbocycles. The highest BCUT2D eigenvalue weighted by atomic mass is 16.6. The molecule has 1 aliphatic rings. The number of nitrogens with zero attached hydrogens (tertiary/aromatic N) is 2. The average molecular weight is 687 g/mol. The van der Waals surface area contributed by atoms with Crippen LogP contribution in [0.4, 0.5) is 11.4 Å². The molecule has 14 nitrogen and oxygen atoms in total. The van der Waals surface area contributed by atoms with Crippen molar-refractivity contribution < 1.29 is 47.8 Å². The molecule has 0 unspecified atom stereocenters. The van der Waals surface area contributed by atoms with Crippen LogP contribution in [0.25, 0.3) is 6.08 Å². The second-order valence-corrected chi connectivity index (χ2v) is 11.1. The summed E-state index contributed by atoms with van der Waals surface area (Å²) in [5.41, 5.74) is 3.10. The van der Waals surface area contributed by atoms with Crippen LogP contribution < -0.4 is 28.4 Å². The van der Waals surface area contributed by atoms with Crippen molar-refractivity contribution in [1.82, 2.24) is 0 Å². The molecule has 50 heavy (non-hydrogen) atoms. The van der Waals surface area contributed by atoms with Gasteiger partial charge in [-0.15, -0.1) is 0 Å². The average Bonchev–Trinajstić information content (AvgIpc) is 3.46. The summed E-state index contributed by atoms with van der Waals surface area (Å²) in [6.07, 6.45) is 2.10. The number of nitro benzene ring substituents is 2. The molecule has 1 saturated heterocycles. The van der Waals surface area contributed by atoms with E-state index in [1.54, 1.807) is 54.6 Å². The Bertz CT molecular complexity index is 1880. The van der Waals surface area contributed by atoms with Gasteiger partial charge in [0.15, 0.2) is 23.0 Å². The van der Waals surface area contributed by atoms with Gasteiger partial charge < -0.3 is 33.2 Å². The van der Waals surface area contributed by atoms with Gasteiger partial charge in [-0.05, 0) is 83.3 Å². The monoisotopic (exact) mass is 686 g/mol. The smallest absolute Gasteiger partial charge is 0.334 e. The lowest BCUT2D eigenvalue weighted by Crippen LogP contribution is -2.09. The van der Waals surface area contributed by atoms with Crippen LogP contribution in [0.15, 0.2) is 78.4 Å². The summed E-state index contributed by atoms with van der Waals surface area (Å²) < 4.78 is 39.9. The lowest BCUT2D eigenvalue weighted by molar-refractivity contribution is -0.385. The summed E-state index contributed by atoms with van der Waals surface area (Å²) in [5.74, 6) is 1.46. The maximum absolute atomic E-state index is 12.9. The Morgan fingerprint density at radius 1 is 0.680 bits per heavy atom. The minimum Gasteiger partial charge on any atom is -0.493 e. The third-order valence-electron chi connectivity index (χ3n) is 7.95. The van der Waals surface area contributed by atoms with Crippen molar-refractivity contribution in [2.45, 2.75) is 19.6 Å². The van der Waals surface area contributed by atoms with Crippen molar-refractivity contribution in [2.24, 2.45) is 5.92 Å². The lowest BCUT2D eigenvalue weighted by atomic mass is 9.92. The van der Waals surface area contributed by atoms with Crippen LogP contribution in [-0.2, 0) is 29.2 Å². The third kappa shape index (κ3) is 8.03. The fourth-order valence-electron chi connectivity index (χ4n) is 5.40. The van der Waals surface area contributed by atoms with Crippen LogP contribution in [0.1, 0.15) is 22.3 Å². The van der Waals surface area contributed by atoms with Gasteiger partial charge in [0.25, 0.3) is 11.4 Å². The van der Waals surface area contributed by atoms with E-state index >= 15 is 0 Å². The highest BCUT2D eigenvalue weighted by Gasteiger charge is 2.32. The number of ether oxygens (including phenoxy) is 7. The van der Waals surface area contributed by atoms with E-state index in [2.05, 4.69) is 0 Å². The van der Waals surface area contributed by atoms with Crippen LogP contribution in [0, 0.1) is 26.1 Å². The van der Waals surface area contributed by atoms with Gasteiger partial charge in [-0.25, -0.2) is 4.79 Å². The largest absolute Gasteiger partial charge is 0.493 e. The first kappa shape index (κ1) is 35.0. The fraction of sp³-hybridized carbons (Fsp3) is 0.250. The van der Waals surface area contributed by atoms with Crippen molar-refractivity contribution in [2.75, 3.05) is 35.0 Å². The van der Waals surface area contributed by atoms with Crippen molar-refractivity contribution >= 4 is 23.4 Å². The molecule has 14 heteroatoms. The van der Waals surface area contributed by atoms with E-state index in [-0.39, 0.29) is 42.9 Å². The Hall–Kier alpha value is -6.31. The highest BCUT2D eigenvalue weighted by Crippen LogP contribution is 2.42. The molecule has 5 rings (SSSR count). The summed E-state index contributed by atoms with van der Waals surface area (Å²) in [4.78, 5) is 34.2. The zero-order valence-electron chi connectivity index (χ0n) is 27.7.